The van der Waals surface area contributed by atoms with E-state index in [1.165, 1.54) is 25.1 Å². The molecule has 4 aromatic rings. The molecule has 0 atom stereocenters. The monoisotopic (exact) mass is 400 g/mol. The molecule has 0 aliphatic heterocycles. The van der Waals surface area contributed by atoms with Gasteiger partial charge in [-0.25, -0.2) is 0 Å². The molecule has 4 rings (SSSR count). The van der Waals surface area contributed by atoms with Crippen molar-refractivity contribution in [3.05, 3.63) is 93.3 Å². The Balaban J connectivity index is 2.07. The summed E-state index contributed by atoms with van der Waals surface area (Å²) in [7, 11) is 0. The van der Waals surface area contributed by atoms with E-state index in [9.17, 15) is 19.7 Å². The molecule has 3 aromatic carbocycles. The molecule has 148 valence electrons. The third-order valence-electron chi connectivity index (χ3n) is 4.57. The summed E-state index contributed by atoms with van der Waals surface area (Å²) < 4.78 is 1.02. The van der Waals surface area contributed by atoms with Gasteiger partial charge in [-0.2, -0.15) is 9.78 Å². The van der Waals surface area contributed by atoms with E-state index < -0.39 is 10.5 Å². The fourth-order valence-corrected chi connectivity index (χ4v) is 3.29. The minimum atomic E-state index is -0.585. The lowest BCUT2D eigenvalue weighted by Crippen LogP contribution is -2.23. The van der Waals surface area contributed by atoms with E-state index in [0.29, 0.717) is 22.2 Å². The summed E-state index contributed by atoms with van der Waals surface area (Å²) in [6, 6.07) is 20.3. The molecule has 1 amide bonds. The molecule has 0 bridgehead atoms. The van der Waals surface area contributed by atoms with Crippen molar-refractivity contribution < 1.29 is 9.72 Å². The van der Waals surface area contributed by atoms with Gasteiger partial charge in [-0.1, -0.05) is 48.5 Å². The zero-order valence-corrected chi connectivity index (χ0v) is 15.9. The number of amides is 1. The Bertz CT molecular complexity index is 1350. The molecule has 1 N–H and O–H groups in total. The maximum Gasteiger partial charge on any atom is 0.295 e. The quantitative estimate of drug-likeness (QED) is 0.413. The molecule has 0 fully saturated rings. The third kappa shape index (κ3) is 3.42. The fourth-order valence-electron chi connectivity index (χ4n) is 3.29. The first-order valence-corrected chi connectivity index (χ1v) is 9.09. The number of hydrogen-bond donors (Lipinski definition) is 1. The van der Waals surface area contributed by atoms with E-state index >= 15 is 0 Å². The molecule has 0 saturated carbocycles. The largest absolute Gasteiger partial charge is 0.326 e. The Morgan fingerprint density at radius 2 is 1.67 bits per heavy atom. The van der Waals surface area contributed by atoms with Crippen LogP contribution in [0.4, 0.5) is 11.4 Å². The van der Waals surface area contributed by atoms with Gasteiger partial charge in [-0.05, 0) is 18.2 Å². The molecule has 0 saturated heterocycles. The van der Waals surface area contributed by atoms with Gasteiger partial charge in [0.1, 0.15) is 5.69 Å². The van der Waals surface area contributed by atoms with Crippen LogP contribution in [0.2, 0.25) is 0 Å². The first-order chi connectivity index (χ1) is 14.5. The summed E-state index contributed by atoms with van der Waals surface area (Å²) in [4.78, 5) is 35.7. The number of carbonyl (C=O) groups excluding carboxylic acids is 1. The number of aromatic nitrogens is 2. The van der Waals surface area contributed by atoms with E-state index in [4.69, 9.17) is 0 Å². The number of rotatable bonds is 4. The SMILES string of the molecule is CC(=O)Nc1ccc([N+](=O)[O-])c(-n2nc(-c3ccccc3)c3ccccc3c2=O)c1. The Morgan fingerprint density at radius 3 is 2.33 bits per heavy atom. The predicted octanol–water partition coefficient (Wildman–Crippen LogP) is 3.92. The van der Waals surface area contributed by atoms with E-state index in [0.717, 1.165) is 10.2 Å². The molecular weight excluding hydrogens is 384 g/mol. The summed E-state index contributed by atoms with van der Waals surface area (Å²) in [5.74, 6) is -0.335. The number of nitro benzene ring substituents is 1. The second kappa shape index (κ2) is 7.59. The molecule has 1 aromatic heterocycles. The van der Waals surface area contributed by atoms with Gasteiger partial charge in [0, 0.05) is 29.6 Å². The van der Waals surface area contributed by atoms with E-state index in [2.05, 4.69) is 10.4 Å². The second-order valence-corrected chi connectivity index (χ2v) is 6.62. The van der Waals surface area contributed by atoms with E-state index in [1.54, 1.807) is 24.3 Å². The van der Waals surface area contributed by atoms with Crippen molar-refractivity contribution in [2.45, 2.75) is 6.92 Å². The molecule has 8 heteroatoms. The van der Waals surface area contributed by atoms with Gasteiger partial charge in [-0.3, -0.25) is 19.7 Å². The van der Waals surface area contributed by atoms with Gasteiger partial charge in [0.05, 0.1) is 16.0 Å². The topological polar surface area (TPSA) is 107 Å². The number of nitro groups is 1. The average Bonchev–Trinajstić information content (AvgIpc) is 2.74. The lowest BCUT2D eigenvalue weighted by Gasteiger charge is -2.12. The van der Waals surface area contributed by atoms with Crippen LogP contribution in [0.1, 0.15) is 6.92 Å². The number of hydrogen-bond acceptors (Lipinski definition) is 5. The molecule has 0 radical (unpaired) electrons. The molecule has 30 heavy (non-hydrogen) atoms. The van der Waals surface area contributed by atoms with Crippen molar-refractivity contribution in [2.75, 3.05) is 5.32 Å². The number of benzene rings is 3. The fraction of sp³-hybridized carbons (Fsp3) is 0.0455. The Kier molecular flexibility index (Phi) is 4.81. The summed E-state index contributed by atoms with van der Waals surface area (Å²) in [6.45, 7) is 1.33. The normalized spacial score (nSPS) is 10.7. The lowest BCUT2D eigenvalue weighted by atomic mass is 10.1. The summed E-state index contributed by atoms with van der Waals surface area (Å²) in [5, 5.41) is 19.7. The number of anilines is 1. The van der Waals surface area contributed by atoms with Crippen molar-refractivity contribution in [2.24, 2.45) is 0 Å². The van der Waals surface area contributed by atoms with Crippen LogP contribution in [-0.4, -0.2) is 20.6 Å². The van der Waals surface area contributed by atoms with Crippen LogP contribution >= 0.6 is 0 Å². The molecule has 0 aliphatic carbocycles. The Morgan fingerprint density at radius 1 is 1.00 bits per heavy atom. The average molecular weight is 400 g/mol. The number of fused-ring (bicyclic) bond motifs is 1. The first kappa shape index (κ1) is 19.0. The molecule has 0 aliphatic rings. The van der Waals surface area contributed by atoms with Crippen LogP contribution in [0.3, 0.4) is 0 Å². The second-order valence-electron chi connectivity index (χ2n) is 6.62. The maximum atomic E-state index is 13.2. The summed E-state index contributed by atoms with van der Waals surface area (Å²) >= 11 is 0. The van der Waals surface area contributed by atoms with Crippen LogP contribution in [0, 0.1) is 10.1 Å². The first-order valence-electron chi connectivity index (χ1n) is 9.09. The van der Waals surface area contributed by atoms with Gasteiger partial charge < -0.3 is 5.32 Å². The minimum Gasteiger partial charge on any atom is -0.326 e. The van der Waals surface area contributed by atoms with Gasteiger partial charge in [0.2, 0.25) is 5.91 Å². The van der Waals surface area contributed by atoms with Crippen LogP contribution in [0.25, 0.3) is 27.7 Å². The lowest BCUT2D eigenvalue weighted by molar-refractivity contribution is -0.384. The molecular formula is C22H16N4O4. The third-order valence-corrected chi connectivity index (χ3v) is 4.57. The van der Waals surface area contributed by atoms with Crippen LogP contribution in [0.5, 0.6) is 0 Å². The number of carbonyl (C=O) groups is 1. The molecule has 0 spiro atoms. The molecule has 0 unspecified atom stereocenters. The van der Waals surface area contributed by atoms with E-state index in [-0.39, 0.29) is 17.3 Å². The highest BCUT2D eigenvalue weighted by molar-refractivity contribution is 5.94. The van der Waals surface area contributed by atoms with Gasteiger partial charge in [0.25, 0.3) is 11.2 Å². The highest BCUT2D eigenvalue weighted by Gasteiger charge is 2.21. The van der Waals surface area contributed by atoms with Crippen molar-refractivity contribution in [3.63, 3.8) is 0 Å². The van der Waals surface area contributed by atoms with Crippen molar-refractivity contribution in [1.29, 1.82) is 0 Å². The van der Waals surface area contributed by atoms with Gasteiger partial charge in [0.15, 0.2) is 0 Å². The van der Waals surface area contributed by atoms with Gasteiger partial charge in [-0.15, -0.1) is 0 Å². The highest BCUT2D eigenvalue weighted by Crippen LogP contribution is 2.29. The Labute approximate surface area is 170 Å². The van der Waals surface area contributed by atoms with Crippen molar-refractivity contribution in [3.8, 4) is 16.9 Å². The standard InChI is InChI=1S/C22H16N4O4/c1-14(27)23-16-11-12-19(26(29)30)20(13-16)25-22(28)18-10-6-5-9-17(18)21(24-25)15-7-3-2-4-8-15/h2-13H,1H3,(H,23,27). The minimum absolute atomic E-state index is 0.0285. The Hall–Kier alpha value is -4.33. The van der Waals surface area contributed by atoms with Crippen LogP contribution in [0.15, 0.2) is 77.6 Å². The number of nitrogens with one attached hydrogen (secondary N) is 1. The highest BCUT2D eigenvalue weighted by atomic mass is 16.6. The van der Waals surface area contributed by atoms with Gasteiger partial charge >= 0.3 is 0 Å². The molecule has 1 heterocycles. The molecule has 8 nitrogen and oxygen atoms in total. The zero-order chi connectivity index (χ0) is 21.3. The van der Waals surface area contributed by atoms with Crippen molar-refractivity contribution >= 4 is 28.1 Å². The number of nitrogens with zero attached hydrogens (tertiary/aromatic N) is 3. The maximum absolute atomic E-state index is 13.2. The van der Waals surface area contributed by atoms with E-state index in [1.807, 2.05) is 30.3 Å². The van der Waals surface area contributed by atoms with Crippen LogP contribution < -0.4 is 10.9 Å². The van der Waals surface area contributed by atoms with Crippen molar-refractivity contribution in [1.82, 2.24) is 9.78 Å². The van der Waals surface area contributed by atoms with Crippen LogP contribution in [-0.2, 0) is 4.79 Å². The summed E-state index contributed by atoms with van der Waals surface area (Å²) in [5.41, 5.74) is 0.792. The smallest absolute Gasteiger partial charge is 0.295 e. The zero-order valence-electron chi connectivity index (χ0n) is 15.9. The summed E-state index contributed by atoms with van der Waals surface area (Å²) in [6.07, 6.45) is 0. The predicted molar refractivity (Wildman–Crippen MR) is 114 cm³/mol.